The molecule has 2 N–H and O–H groups in total. The van der Waals surface area contributed by atoms with Crippen LogP contribution in [0.15, 0.2) is 45.2 Å². The van der Waals surface area contributed by atoms with Crippen molar-refractivity contribution in [3.05, 3.63) is 129 Å². The second kappa shape index (κ2) is 14.8. The molecular weight excluding hydrogens is 695 g/mol. The van der Waals surface area contributed by atoms with Gasteiger partial charge in [0, 0.05) is 11.6 Å². The van der Waals surface area contributed by atoms with Gasteiger partial charge in [0.05, 0.1) is 19.6 Å². The Morgan fingerprint density at radius 2 is 0.873 bits per heavy atom. The van der Waals surface area contributed by atoms with E-state index in [1.54, 1.807) is 20.8 Å². The topological polar surface area (TPSA) is 133 Å². The number of phenolic OH excluding ortho intramolecular Hbond substituents is 2. The minimum atomic E-state index is -0.827. The largest absolute Gasteiger partial charge is 0.507 e. The number of benzene rings is 3. The summed E-state index contributed by atoms with van der Waals surface area (Å²) < 4.78 is 8.89. The highest BCUT2D eigenvalue weighted by Crippen LogP contribution is 2.39. The van der Waals surface area contributed by atoms with Crippen LogP contribution in [0.4, 0.5) is 0 Å². The predicted molar refractivity (Wildman–Crippen MR) is 220 cm³/mol. The van der Waals surface area contributed by atoms with Crippen LogP contribution < -0.4 is 21.8 Å². The minimum Gasteiger partial charge on any atom is -0.507 e. The highest BCUT2D eigenvalue weighted by molar-refractivity contribution is 5.84. The van der Waals surface area contributed by atoms with Gasteiger partial charge in [0.1, 0.15) is 17.2 Å². The maximum Gasteiger partial charge on any atom is 0.336 e. The van der Waals surface area contributed by atoms with Crippen LogP contribution in [-0.2, 0) is 40.7 Å². The normalized spacial score (nSPS) is 12.3. The Bertz CT molecular complexity index is 2290. The summed E-state index contributed by atoms with van der Waals surface area (Å²) in [7, 11) is 0. The molecule has 0 saturated carbocycles. The van der Waals surface area contributed by atoms with Gasteiger partial charge in [-0.3, -0.25) is 0 Å². The zero-order chi connectivity index (χ0) is 41.9. The molecule has 0 atom stereocenters. The molecule has 0 saturated heterocycles. The number of aromatic hydroxyl groups is 2. The summed E-state index contributed by atoms with van der Waals surface area (Å²) in [5.41, 5.74) is 4.33. The summed E-state index contributed by atoms with van der Waals surface area (Å²) in [6, 6.07) is 5.64. The molecule has 1 heterocycles. The molecule has 0 aliphatic carbocycles. The Balaban J connectivity index is 2.08. The predicted octanol–water partition coefficient (Wildman–Crippen LogP) is 7.56. The molecule has 0 amide bonds. The van der Waals surface area contributed by atoms with Crippen molar-refractivity contribution in [2.75, 3.05) is 0 Å². The third kappa shape index (κ3) is 8.14. The summed E-state index contributed by atoms with van der Waals surface area (Å²) >= 11 is 0. The third-order valence-electron chi connectivity index (χ3n) is 10.8. The number of carbonyl (C=O) groups excluding carboxylic acids is 1. The standard InChI is InChI=1S/C45H59N3O7/c1-17-36(49)55-39-29(7)32(26(4)20-35(39)45(14,15)16)23-48-41(53)46(21-30-24(2)18-33(43(8,9)10)37(50)27(30)5)40(52)47(42(48)54)22-31-25(3)19-34(44(11,12)13)38(51)28(31)6/h17-20,50-51H,1,21-23H2,2-16H3. The van der Waals surface area contributed by atoms with Crippen LogP contribution in [0.1, 0.15) is 129 Å². The number of hydrogen-bond donors (Lipinski definition) is 2. The second-order valence-corrected chi connectivity index (χ2v) is 18.0. The molecule has 4 aromatic rings. The average Bonchev–Trinajstić information content (AvgIpc) is 3.06. The summed E-state index contributed by atoms with van der Waals surface area (Å²) in [4.78, 5) is 56.2. The number of phenols is 2. The fourth-order valence-electron chi connectivity index (χ4n) is 7.30. The lowest BCUT2D eigenvalue weighted by Crippen LogP contribution is -2.55. The van der Waals surface area contributed by atoms with Gasteiger partial charge in [-0.05, 0) is 119 Å². The molecule has 0 bridgehead atoms. The Hall–Kier alpha value is -5.12. The van der Waals surface area contributed by atoms with E-state index in [1.165, 1.54) is 0 Å². The maximum absolute atomic E-state index is 14.6. The average molecular weight is 754 g/mol. The molecule has 0 unspecified atom stereocenters. The number of hydrogen-bond acceptors (Lipinski definition) is 7. The molecule has 55 heavy (non-hydrogen) atoms. The number of esters is 1. The van der Waals surface area contributed by atoms with Gasteiger partial charge in [-0.15, -0.1) is 0 Å². The zero-order valence-corrected chi connectivity index (χ0v) is 35.4. The van der Waals surface area contributed by atoms with Crippen LogP contribution in [0.3, 0.4) is 0 Å². The zero-order valence-electron chi connectivity index (χ0n) is 35.4. The van der Waals surface area contributed by atoms with E-state index in [0.29, 0.717) is 39.1 Å². The van der Waals surface area contributed by atoms with Gasteiger partial charge in [-0.25, -0.2) is 32.9 Å². The van der Waals surface area contributed by atoms with Crippen LogP contribution in [0.25, 0.3) is 0 Å². The molecule has 0 spiro atoms. The van der Waals surface area contributed by atoms with Crippen molar-refractivity contribution >= 4 is 5.97 Å². The van der Waals surface area contributed by atoms with E-state index in [4.69, 9.17) is 4.74 Å². The molecule has 0 aliphatic rings. The van der Waals surface area contributed by atoms with Gasteiger partial charge < -0.3 is 14.9 Å². The lowest BCUT2D eigenvalue weighted by Gasteiger charge is -2.27. The van der Waals surface area contributed by atoms with E-state index < -0.39 is 28.5 Å². The first-order chi connectivity index (χ1) is 25.1. The second-order valence-electron chi connectivity index (χ2n) is 18.0. The molecule has 3 aromatic carbocycles. The van der Waals surface area contributed by atoms with Gasteiger partial charge in [-0.2, -0.15) is 0 Å². The molecule has 10 heteroatoms. The van der Waals surface area contributed by atoms with Crippen molar-refractivity contribution < 1.29 is 19.7 Å². The molecular formula is C45H59N3O7. The summed E-state index contributed by atoms with van der Waals surface area (Å²) in [6.45, 7) is 31.8. The number of nitrogens with zero attached hydrogens (tertiary/aromatic N) is 3. The monoisotopic (exact) mass is 753 g/mol. The first-order valence-electron chi connectivity index (χ1n) is 18.7. The van der Waals surface area contributed by atoms with E-state index >= 15 is 0 Å². The van der Waals surface area contributed by atoms with E-state index in [-0.39, 0.29) is 42.0 Å². The highest BCUT2D eigenvalue weighted by atomic mass is 16.5. The van der Waals surface area contributed by atoms with Gasteiger partial charge in [0.25, 0.3) is 0 Å². The Morgan fingerprint density at radius 1 is 0.582 bits per heavy atom. The lowest BCUT2D eigenvalue weighted by atomic mass is 9.82. The summed E-state index contributed by atoms with van der Waals surface area (Å²) in [6.07, 6.45) is 1.08. The Kier molecular flexibility index (Phi) is 11.5. The fraction of sp³-hybridized carbons (Fsp3) is 0.467. The lowest BCUT2D eigenvalue weighted by molar-refractivity contribution is -0.129. The fourth-order valence-corrected chi connectivity index (χ4v) is 7.30. The van der Waals surface area contributed by atoms with Crippen molar-refractivity contribution in [1.29, 1.82) is 0 Å². The van der Waals surface area contributed by atoms with Crippen LogP contribution in [-0.4, -0.2) is 29.9 Å². The van der Waals surface area contributed by atoms with E-state index in [0.717, 1.165) is 53.2 Å². The van der Waals surface area contributed by atoms with Crippen molar-refractivity contribution in [3.63, 3.8) is 0 Å². The quantitative estimate of drug-likeness (QED) is 0.108. The third-order valence-corrected chi connectivity index (χ3v) is 10.8. The van der Waals surface area contributed by atoms with E-state index in [2.05, 4.69) is 6.58 Å². The number of rotatable bonds is 8. The smallest absolute Gasteiger partial charge is 0.336 e. The van der Waals surface area contributed by atoms with E-state index in [9.17, 15) is 29.4 Å². The highest BCUT2D eigenvalue weighted by Gasteiger charge is 2.29. The summed E-state index contributed by atoms with van der Waals surface area (Å²) in [5, 5.41) is 22.6. The van der Waals surface area contributed by atoms with Gasteiger partial charge in [-0.1, -0.05) is 87.1 Å². The first-order valence-corrected chi connectivity index (χ1v) is 18.7. The van der Waals surface area contributed by atoms with Crippen molar-refractivity contribution in [2.24, 2.45) is 0 Å². The van der Waals surface area contributed by atoms with Crippen LogP contribution in [0, 0.1) is 41.5 Å². The Labute approximate surface area is 324 Å². The number of aryl methyl sites for hydroxylation is 3. The Morgan fingerprint density at radius 3 is 1.16 bits per heavy atom. The van der Waals surface area contributed by atoms with Crippen molar-refractivity contribution in [1.82, 2.24) is 13.7 Å². The molecule has 296 valence electrons. The molecule has 10 nitrogen and oxygen atoms in total. The number of aromatic nitrogens is 3. The first kappa shape index (κ1) is 42.6. The molecule has 0 radical (unpaired) electrons. The molecule has 0 aliphatic heterocycles. The number of ether oxygens (including phenoxy) is 1. The van der Waals surface area contributed by atoms with Crippen molar-refractivity contribution in [2.45, 2.75) is 140 Å². The molecule has 1 aromatic heterocycles. The maximum atomic E-state index is 14.6. The summed E-state index contributed by atoms with van der Waals surface area (Å²) in [5.74, 6) is -0.153. The van der Waals surface area contributed by atoms with E-state index in [1.807, 2.05) is 101 Å². The molecule has 0 fully saturated rings. The minimum absolute atomic E-state index is 0.0854. The van der Waals surface area contributed by atoms with Gasteiger partial charge in [0.2, 0.25) is 0 Å². The van der Waals surface area contributed by atoms with Crippen LogP contribution >= 0.6 is 0 Å². The molecule has 4 rings (SSSR count). The number of carbonyl (C=O) groups is 1. The van der Waals surface area contributed by atoms with Crippen molar-refractivity contribution in [3.8, 4) is 17.2 Å². The van der Waals surface area contributed by atoms with Gasteiger partial charge in [0.15, 0.2) is 0 Å². The SMILES string of the molecule is C=CC(=O)Oc1c(C(C)(C)C)cc(C)c(Cn2c(=O)n(Cc3c(C)cc(C(C)(C)C)c(O)c3C)c(=O)n(Cc3c(C)cc(C(C)(C)C)c(O)c3C)c2=O)c1C. The van der Waals surface area contributed by atoms with Crippen LogP contribution in [0.2, 0.25) is 0 Å². The van der Waals surface area contributed by atoms with Crippen LogP contribution in [0.5, 0.6) is 17.2 Å². The van der Waals surface area contributed by atoms with Gasteiger partial charge >= 0.3 is 23.0 Å².